The van der Waals surface area contributed by atoms with E-state index in [2.05, 4.69) is 28.4 Å². The molecule has 0 fully saturated rings. The van der Waals surface area contributed by atoms with Gasteiger partial charge in [0.1, 0.15) is 10.8 Å². The van der Waals surface area contributed by atoms with Gasteiger partial charge in [-0.1, -0.05) is 17.7 Å². The van der Waals surface area contributed by atoms with Crippen LogP contribution in [-0.2, 0) is 0 Å². The highest BCUT2D eigenvalue weighted by Gasteiger charge is 2.23. The Morgan fingerprint density at radius 1 is 1.29 bits per heavy atom. The minimum absolute atomic E-state index is 0.0461. The predicted octanol–water partition coefficient (Wildman–Crippen LogP) is 5.36. The molecule has 0 saturated heterocycles. The first-order valence-electron chi connectivity index (χ1n) is 6.71. The molecular formula is C15H15Cl2N3S. The monoisotopic (exact) mass is 339 g/mol. The zero-order chi connectivity index (χ0) is 15.1. The van der Waals surface area contributed by atoms with Gasteiger partial charge < -0.3 is 4.57 Å². The Balaban J connectivity index is 2.26. The van der Waals surface area contributed by atoms with Gasteiger partial charge in [0, 0.05) is 11.1 Å². The maximum atomic E-state index is 6.40. The molecule has 3 nitrogen and oxygen atoms in total. The van der Waals surface area contributed by atoms with Crippen molar-refractivity contribution in [3.05, 3.63) is 45.1 Å². The first kappa shape index (κ1) is 14.8. The summed E-state index contributed by atoms with van der Waals surface area (Å²) in [6.07, 6.45) is 1.89. The molecule has 0 bridgehead atoms. The molecule has 0 amide bonds. The molecule has 0 N–H and O–H groups in total. The summed E-state index contributed by atoms with van der Waals surface area (Å²) in [5.74, 6) is 0.820. The standard InChI is InChI=1S/C15H15Cl2N3S/c1-8-7-18-15(21-8)10(3)20-13-11(17)5-4-6-12(13)19-14(20)9(2)16/h4-7,9-10H,1-3H3. The minimum Gasteiger partial charge on any atom is -0.316 e. The van der Waals surface area contributed by atoms with Crippen molar-refractivity contribution in [3.63, 3.8) is 0 Å². The number of thiazole rings is 1. The summed E-state index contributed by atoms with van der Waals surface area (Å²) in [6.45, 7) is 6.08. The third-order valence-electron chi connectivity index (χ3n) is 3.43. The number of halogens is 2. The largest absolute Gasteiger partial charge is 0.316 e. The number of fused-ring (bicyclic) bond motifs is 1. The lowest BCUT2D eigenvalue weighted by molar-refractivity contribution is 0.615. The zero-order valence-corrected chi connectivity index (χ0v) is 14.3. The lowest BCUT2D eigenvalue weighted by Gasteiger charge is -2.17. The molecule has 3 aromatic rings. The highest BCUT2D eigenvalue weighted by Crippen LogP contribution is 2.35. The second-order valence-electron chi connectivity index (χ2n) is 5.05. The van der Waals surface area contributed by atoms with Crippen molar-refractivity contribution < 1.29 is 0 Å². The van der Waals surface area contributed by atoms with Crippen molar-refractivity contribution in [2.45, 2.75) is 32.2 Å². The van der Waals surface area contributed by atoms with E-state index in [1.54, 1.807) is 11.3 Å². The number of aryl methyl sites for hydroxylation is 1. The Bertz CT molecular complexity index is 791. The van der Waals surface area contributed by atoms with Gasteiger partial charge in [0.15, 0.2) is 0 Å². The molecule has 2 aromatic heterocycles. The van der Waals surface area contributed by atoms with Crippen molar-refractivity contribution >= 4 is 45.6 Å². The molecule has 3 rings (SSSR count). The molecule has 1 aromatic carbocycles. The molecule has 0 aliphatic carbocycles. The summed E-state index contributed by atoms with van der Waals surface area (Å²) in [5.41, 5.74) is 1.78. The molecule has 21 heavy (non-hydrogen) atoms. The van der Waals surface area contributed by atoms with Crippen LogP contribution in [0.5, 0.6) is 0 Å². The van der Waals surface area contributed by atoms with Crippen LogP contribution >= 0.6 is 34.5 Å². The maximum Gasteiger partial charge on any atom is 0.128 e. The first-order chi connectivity index (χ1) is 9.99. The Morgan fingerprint density at radius 3 is 2.67 bits per heavy atom. The van der Waals surface area contributed by atoms with Crippen LogP contribution in [0.4, 0.5) is 0 Å². The Hall–Kier alpha value is -1.10. The molecule has 2 heterocycles. The van der Waals surface area contributed by atoms with Crippen LogP contribution in [-0.4, -0.2) is 14.5 Å². The van der Waals surface area contributed by atoms with Crippen LogP contribution in [0, 0.1) is 6.92 Å². The predicted molar refractivity (Wildman–Crippen MR) is 89.7 cm³/mol. The summed E-state index contributed by atoms with van der Waals surface area (Å²) in [6, 6.07) is 5.79. The van der Waals surface area contributed by atoms with Crippen molar-refractivity contribution in [2.75, 3.05) is 0 Å². The van der Waals surface area contributed by atoms with Gasteiger partial charge in [-0.25, -0.2) is 9.97 Å². The van der Waals surface area contributed by atoms with Gasteiger partial charge in [0.25, 0.3) is 0 Å². The number of aromatic nitrogens is 3. The fourth-order valence-electron chi connectivity index (χ4n) is 2.47. The van der Waals surface area contributed by atoms with Gasteiger partial charge in [0.05, 0.1) is 27.5 Å². The summed E-state index contributed by atoms with van der Waals surface area (Å²) in [5, 5.41) is 1.52. The van der Waals surface area contributed by atoms with E-state index < -0.39 is 0 Å². The summed E-state index contributed by atoms with van der Waals surface area (Å²) in [4.78, 5) is 10.3. The topological polar surface area (TPSA) is 30.7 Å². The highest BCUT2D eigenvalue weighted by molar-refractivity contribution is 7.11. The van der Waals surface area contributed by atoms with Crippen LogP contribution in [0.25, 0.3) is 11.0 Å². The van der Waals surface area contributed by atoms with E-state index in [4.69, 9.17) is 23.2 Å². The molecule has 0 radical (unpaired) electrons. The van der Waals surface area contributed by atoms with Crippen molar-refractivity contribution in [1.29, 1.82) is 0 Å². The summed E-state index contributed by atoms with van der Waals surface area (Å²) < 4.78 is 2.10. The molecule has 2 unspecified atom stereocenters. The number of hydrogen-bond acceptors (Lipinski definition) is 3. The number of rotatable bonds is 3. The SMILES string of the molecule is Cc1cnc(C(C)n2c(C(C)Cl)nc3cccc(Cl)c32)s1. The third-order valence-corrected chi connectivity index (χ3v) is 5.01. The van der Waals surface area contributed by atoms with Gasteiger partial charge in [-0.3, -0.25) is 0 Å². The number of benzene rings is 1. The molecule has 110 valence electrons. The van der Waals surface area contributed by atoms with E-state index >= 15 is 0 Å². The normalized spacial score (nSPS) is 14.5. The number of nitrogens with zero attached hydrogens (tertiary/aromatic N) is 3. The Kier molecular flexibility index (Phi) is 3.95. The Morgan fingerprint density at radius 2 is 2.05 bits per heavy atom. The summed E-state index contributed by atoms with van der Waals surface area (Å²) in [7, 11) is 0. The van der Waals surface area contributed by atoms with Crippen molar-refractivity contribution in [1.82, 2.24) is 14.5 Å². The maximum absolute atomic E-state index is 6.40. The van der Waals surface area contributed by atoms with E-state index in [0.717, 1.165) is 21.9 Å². The molecule has 2 atom stereocenters. The van der Waals surface area contributed by atoms with Crippen molar-refractivity contribution in [3.8, 4) is 0 Å². The second-order valence-corrected chi connectivity index (χ2v) is 7.38. The molecular weight excluding hydrogens is 325 g/mol. The Labute approximate surface area is 137 Å². The van der Waals surface area contributed by atoms with Crippen LogP contribution in [0.15, 0.2) is 24.4 Å². The average molecular weight is 340 g/mol. The van der Waals surface area contributed by atoms with Crippen molar-refractivity contribution in [2.24, 2.45) is 0 Å². The highest BCUT2D eigenvalue weighted by atomic mass is 35.5. The van der Waals surface area contributed by atoms with E-state index in [-0.39, 0.29) is 11.4 Å². The van der Waals surface area contributed by atoms with E-state index in [9.17, 15) is 0 Å². The van der Waals surface area contributed by atoms with Gasteiger partial charge in [-0.2, -0.15) is 0 Å². The molecule has 6 heteroatoms. The lowest BCUT2D eigenvalue weighted by Crippen LogP contribution is -2.11. The van der Waals surface area contributed by atoms with Gasteiger partial charge >= 0.3 is 0 Å². The molecule has 0 aliphatic rings. The molecule has 0 saturated carbocycles. The summed E-state index contributed by atoms with van der Waals surface area (Å²) >= 11 is 14.4. The second kappa shape index (κ2) is 5.59. The zero-order valence-electron chi connectivity index (χ0n) is 12.0. The quantitative estimate of drug-likeness (QED) is 0.601. The number of imidazole rings is 1. The fraction of sp³-hybridized carbons (Fsp3) is 0.333. The van der Waals surface area contributed by atoms with Crippen LogP contribution < -0.4 is 0 Å². The minimum atomic E-state index is -0.197. The van der Waals surface area contributed by atoms with E-state index in [1.807, 2.05) is 31.3 Å². The molecule has 0 aliphatic heterocycles. The lowest BCUT2D eigenvalue weighted by atomic mass is 10.2. The van der Waals surface area contributed by atoms with E-state index in [0.29, 0.717) is 5.02 Å². The average Bonchev–Trinajstić information content (AvgIpc) is 3.02. The van der Waals surface area contributed by atoms with Gasteiger partial charge in [-0.15, -0.1) is 22.9 Å². The number of alkyl halides is 1. The number of para-hydroxylation sites is 1. The smallest absolute Gasteiger partial charge is 0.128 e. The number of hydrogen-bond donors (Lipinski definition) is 0. The fourth-order valence-corrected chi connectivity index (χ4v) is 3.70. The van der Waals surface area contributed by atoms with Crippen LogP contribution in [0.2, 0.25) is 5.02 Å². The van der Waals surface area contributed by atoms with Crippen LogP contribution in [0.1, 0.15) is 41.0 Å². The first-order valence-corrected chi connectivity index (χ1v) is 8.35. The van der Waals surface area contributed by atoms with Crippen LogP contribution in [0.3, 0.4) is 0 Å². The molecule has 0 spiro atoms. The van der Waals surface area contributed by atoms with Gasteiger partial charge in [0.2, 0.25) is 0 Å². The third kappa shape index (κ3) is 2.56. The van der Waals surface area contributed by atoms with E-state index in [1.165, 1.54) is 4.88 Å². The van der Waals surface area contributed by atoms with Gasteiger partial charge in [-0.05, 0) is 32.9 Å².